The number of carboxylic acids is 1. The summed E-state index contributed by atoms with van der Waals surface area (Å²) in [5.74, 6) is 1.79. The smallest absolute Gasteiger partial charge is 0.335 e. The van der Waals surface area contributed by atoms with Gasteiger partial charge in [0.1, 0.15) is 0 Å². The molecular formula is C20H23N3O3. The molecule has 1 aliphatic carbocycles. The lowest BCUT2D eigenvalue weighted by molar-refractivity contribution is -0.121. The number of carbonyl (C=O) groups is 2. The first kappa shape index (κ1) is 18.1. The average Bonchev–Trinajstić information content (AvgIpc) is 3.42. The Hall–Kier alpha value is -2.68. The molecular weight excluding hydrogens is 330 g/mol. The summed E-state index contributed by atoms with van der Waals surface area (Å²) in [6.07, 6.45) is 10.5. The van der Waals surface area contributed by atoms with Crippen molar-refractivity contribution in [1.29, 1.82) is 0 Å². The van der Waals surface area contributed by atoms with Crippen molar-refractivity contribution < 1.29 is 14.7 Å². The molecule has 1 aliphatic heterocycles. The molecule has 3 rings (SSSR count). The van der Waals surface area contributed by atoms with E-state index in [0.717, 1.165) is 24.8 Å². The Balaban J connectivity index is 1.53. The molecule has 6 nitrogen and oxygen atoms in total. The third-order valence-electron chi connectivity index (χ3n) is 5.18. The highest BCUT2D eigenvalue weighted by molar-refractivity contribution is 5.88. The molecule has 1 aromatic carbocycles. The van der Waals surface area contributed by atoms with E-state index >= 15 is 0 Å². The maximum absolute atomic E-state index is 12.2. The van der Waals surface area contributed by atoms with E-state index in [0.29, 0.717) is 37.8 Å². The van der Waals surface area contributed by atoms with Gasteiger partial charge in [-0.05, 0) is 42.5 Å². The number of nitrogens with one attached hydrogen (secondary N) is 1. The van der Waals surface area contributed by atoms with Crippen LogP contribution in [0.3, 0.4) is 0 Å². The maximum Gasteiger partial charge on any atom is 0.335 e. The van der Waals surface area contributed by atoms with Crippen molar-refractivity contribution >= 4 is 11.9 Å². The molecule has 136 valence electrons. The molecule has 1 unspecified atom stereocenters. The Morgan fingerprint density at radius 2 is 2.15 bits per heavy atom. The number of carboxylic acid groups (broad SMARTS) is 1. The van der Waals surface area contributed by atoms with Gasteiger partial charge in [0.25, 0.3) is 0 Å². The van der Waals surface area contributed by atoms with E-state index in [1.807, 2.05) is 6.07 Å². The van der Waals surface area contributed by atoms with E-state index in [1.54, 1.807) is 12.1 Å². The van der Waals surface area contributed by atoms with Gasteiger partial charge in [0.15, 0.2) is 5.66 Å². The fraction of sp³-hybridized carbons (Fsp3) is 0.500. The number of aromatic carboxylic acids is 1. The minimum Gasteiger partial charge on any atom is -0.478 e. The maximum atomic E-state index is 12.2. The highest BCUT2D eigenvalue weighted by Crippen LogP contribution is 2.37. The second kappa shape index (κ2) is 7.69. The summed E-state index contributed by atoms with van der Waals surface area (Å²) in [6, 6.07) is 5.31. The lowest BCUT2D eigenvalue weighted by Gasteiger charge is -2.26. The van der Waals surface area contributed by atoms with Crippen molar-refractivity contribution in [1.82, 2.24) is 5.32 Å². The van der Waals surface area contributed by atoms with Crippen LogP contribution in [0, 0.1) is 12.3 Å². The van der Waals surface area contributed by atoms with Crippen LogP contribution in [-0.4, -0.2) is 29.2 Å². The minimum atomic E-state index is -0.921. The number of fused-ring (bicyclic) bond motifs is 1. The molecule has 0 bridgehead atoms. The number of hydrogen-bond acceptors (Lipinski definition) is 4. The van der Waals surface area contributed by atoms with Crippen molar-refractivity contribution in [2.45, 2.75) is 56.5 Å². The lowest BCUT2D eigenvalue weighted by atomic mass is 9.82. The van der Waals surface area contributed by atoms with Gasteiger partial charge in [-0.2, -0.15) is 10.2 Å². The first-order valence-electron chi connectivity index (χ1n) is 9.03. The van der Waals surface area contributed by atoms with E-state index in [2.05, 4.69) is 21.5 Å². The van der Waals surface area contributed by atoms with Gasteiger partial charge in [0.2, 0.25) is 5.91 Å². The summed E-state index contributed by atoms with van der Waals surface area (Å²) in [5, 5.41) is 20.3. The van der Waals surface area contributed by atoms with Crippen molar-refractivity contribution in [3.05, 3.63) is 34.9 Å². The lowest BCUT2D eigenvalue weighted by Crippen LogP contribution is -2.31. The van der Waals surface area contributed by atoms with Crippen LogP contribution in [0.25, 0.3) is 0 Å². The Kier molecular flexibility index (Phi) is 5.36. The van der Waals surface area contributed by atoms with E-state index in [1.165, 1.54) is 5.56 Å². The van der Waals surface area contributed by atoms with Crippen LogP contribution >= 0.6 is 0 Å². The molecule has 0 aromatic heterocycles. The first-order valence-corrected chi connectivity index (χ1v) is 9.03. The molecule has 0 saturated carbocycles. The van der Waals surface area contributed by atoms with E-state index in [4.69, 9.17) is 6.42 Å². The van der Waals surface area contributed by atoms with E-state index in [9.17, 15) is 14.7 Å². The van der Waals surface area contributed by atoms with Crippen LogP contribution in [0.1, 0.15) is 65.9 Å². The first-order chi connectivity index (χ1) is 12.5. The number of terminal acetylenes is 1. The summed E-state index contributed by atoms with van der Waals surface area (Å²) in [5.41, 5.74) is 2.10. The Morgan fingerprint density at radius 3 is 2.85 bits per heavy atom. The number of benzene rings is 1. The van der Waals surface area contributed by atoms with Crippen molar-refractivity contribution in [3.63, 3.8) is 0 Å². The fourth-order valence-electron chi connectivity index (χ4n) is 3.55. The SMILES string of the molecule is C#CCCC1(CCC(=O)NCC2CCCc3ccc(C(=O)O)cc32)N=N1. The van der Waals surface area contributed by atoms with E-state index < -0.39 is 11.6 Å². The Bertz CT molecular complexity index is 773. The van der Waals surface area contributed by atoms with Crippen molar-refractivity contribution in [2.75, 3.05) is 6.54 Å². The quantitative estimate of drug-likeness (QED) is 0.703. The monoisotopic (exact) mass is 353 g/mol. The highest BCUT2D eigenvalue weighted by Gasteiger charge is 2.39. The molecule has 0 saturated heterocycles. The zero-order valence-electron chi connectivity index (χ0n) is 14.7. The van der Waals surface area contributed by atoms with Gasteiger partial charge in [0, 0.05) is 38.1 Å². The van der Waals surface area contributed by atoms with Crippen LogP contribution in [-0.2, 0) is 11.2 Å². The third kappa shape index (κ3) is 4.29. The summed E-state index contributed by atoms with van der Waals surface area (Å²) in [4.78, 5) is 23.4. The molecule has 1 heterocycles. The largest absolute Gasteiger partial charge is 0.478 e. The van der Waals surface area contributed by atoms with Crippen LogP contribution in [0.5, 0.6) is 0 Å². The summed E-state index contributed by atoms with van der Waals surface area (Å²) >= 11 is 0. The zero-order valence-corrected chi connectivity index (χ0v) is 14.7. The number of aryl methyl sites for hydroxylation is 1. The molecule has 2 aliphatic rings. The number of carbonyl (C=O) groups excluding carboxylic acids is 1. The number of nitrogens with zero attached hydrogens (tertiary/aromatic N) is 2. The minimum absolute atomic E-state index is 0.0242. The molecule has 1 atom stereocenters. The second-order valence-corrected chi connectivity index (χ2v) is 7.00. The molecule has 0 radical (unpaired) electrons. The van der Waals surface area contributed by atoms with Gasteiger partial charge < -0.3 is 10.4 Å². The summed E-state index contributed by atoms with van der Waals surface area (Å²) < 4.78 is 0. The summed E-state index contributed by atoms with van der Waals surface area (Å²) in [7, 11) is 0. The van der Waals surface area contributed by atoms with Gasteiger partial charge in [-0.3, -0.25) is 4.79 Å². The topological polar surface area (TPSA) is 91.1 Å². The molecule has 26 heavy (non-hydrogen) atoms. The predicted molar refractivity (Wildman–Crippen MR) is 97.0 cm³/mol. The Labute approximate surface area is 153 Å². The fourth-order valence-corrected chi connectivity index (χ4v) is 3.55. The summed E-state index contributed by atoms with van der Waals surface area (Å²) in [6.45, 7) is 0.528. The number of amides is 1. The molecule has 0 spiro atoms. The number of rotatable bonds is 8. The highest BCUT2D eigenvalue weighted by atomic mass is 16.4. The van der Waals surface area contributed by atoms with Crippen LogP contribution in [0.2, 0.25) is 0 Å². The third-order valence-corrected chi connectivity index (χ3v) is 5.18. The molecule has 1 amide bonds. The van der Waals surface area contributed by atoms with Crippen LogP contribution in [0.15, 0.2) is 28.4 Å². The normalized spacial score (nSPS) is 19.3. The Morgan fingerprint density at radius 1 is 1.35 bits per heavy atom. The molecule has 1 aromatic rings. The van der Waals surface area contributed by atoms with Gasteiger partial charge in [-0.1, -0.05) is 6.07 Å². The predicted octanol–water partition coefficient (Wildman–Crippen LogP) is 3.28. The van der Waals surface area contributed by atoms with E-state index in [-0.39, 0.29) is 11.8 Å². The van der Waals surface area contributed by atoms with Crippen molar-refractivity contribution in [3.8, 4) is 12.3 Å². The van der Waals surface area contributed by atoms with Crippen molar-refractivity contribution in [2.24, 2.45) is 10.2 Å². The zero-order chi connectivity index (χ0) is 18.6. The number of hydrogen-bond donors (Lipinski definition) is 2. The van der Waals surface area contributed by atoms with Gasteiger partial charge in [-0.15, -0.1) is 12.3 Å². The standard InChI is InChI=1S/C20H23N3O3/c1-2-3-10-20(22-23-20)11-9-18(24)21-13-16-6-4-5-14-7-8-15(19(25)26)12-17(14)16/h1,7-8,12,16H,3-6,9-11,13H2,(H,21,24)(H,25,26). The second-order valence-electron chi connectivity index (χ2n) is 7.00. The molecule has 2 N–H and O–H groups in total. The van der Waals surface area contributed by atoms with Crippen LogP contribution < -0.4 is 5.32 Å². The van der Waals surface area contributed by atoms with Gasteiger partial charge in [-0.25, -0.2) is 4.79 Å². The van der Waals surface area contributed by atoms with Gasteiger partial charge in [0.05, 0.1) is 5.56 Å². The average molecular weight is 353 g/mol. The van der Waals surface area contributed by atoms with Gasteiger partial charge >= 0.3 is 5.97 Å². The van der Waals surface area contributed by atoms with Crippen LogP contribution in [0.4, 0.5) is 0 Å². The molecule has 6 heteroatoms. The molecule has 0 fully saturated rings.